The van der Waals surface area contributed by atoms with Gasteiger partial charge in [0, 0.05) is 0 Å². The second-order valence-corrected chi connectivity index (χ2v) is 8.09. The third-order valence-electron chi connectivity index (χ3n) is 5.07. The van der Waals surface area contributed by atoms with Crippen molar-refractivity contribution in [2.45, 2.75) is 44.9 Å². The summed E-state index contributed by atoms with van der Waals surface area (Å²) in [6.07, 6.45) is 0.848. The molecule has 0 aromatic heterocycles. The van der Waals surface area contributed by atoms with Crippen molar-refractivity contribution in [2.24, 2.45) is 5.92 Å². The van der Waals surface area contributed by atoms with Gasteiger partial charge in [-0.3, -0.25) is 4.79 Å². The van der Waals surface area contributed by atoms with E-state index >= 15 is 0 Å². The van der Waals surface area contributed by atoms with Crippen molar-refractivity contribution < 1.29 is 23.8 Å². The summed E-state index contributed by atoms with van der Waals surface area (Å²) >= 11 is 5.70. The van der Waals surface area contributed by atoms with E-state index in [1.807, 2.05) is 13.8 Å². The van der Waals surface area contributed by atoms with Crippen LogP contribution in [0.25, 0.3) is 0 Å². The molecule has 1 aliphatic carbocycles. The Kier molecular flexibility index (Phi) is 6.24. The van der Waals surface area contributed by atoms with Crippen LogP contribution in [0.4, 0.5) is 4.39 Å². The molecule has 1 atom stereocenters. The highest BCUT2D eigenvalue weighted by molar-refractivity contribution is 6.30. The number of amides is 1. The zero-order valence-corrected chi connectivity index (χ0v) is 17.0. The molecule has 0 bridgehead atoms. The standard InChI is InChI=1S/C22H23ClFNO4/c1-13(2)19(29-12-14-3-8-17(23)18(24)11-14)20(26)25-22(9-10-22)16-6-4-15(5-7-16)21(27)28/h3-8,11,13,19H,9-10,12H2,1-2H3,(H,25,26)(H,27,28)/t19-/m1/s1. The molecule has 1 amide bonds. The van der Waals surface area contributed by atoms with Crippen LogP contribution in [0.2, 0.25) is 5.02 Å². The molecule has 2 N–H and O–H groups in total. The molecule has 0 heterocycles. The summed E-state index contributed by atoms with van der Waals surface area (Å²) < 4.78 is 19.4. The first-order valence-corrected chi connectivity index (χ1v) is 9.81. The third-order valence-corrected chi connectivity index (χ3v) is 5.38. The molecule has 0 radical (unpaired) electrons. The van der Waals surface area contributed by atoms with Crippen molar-refractivity contribution in [3.8, 4) is 0 Å². The van der Waals surface area contributed by atoms with Crippen LogP contribution in [-0.2, 0) is 21.7 Å². The lowest BCUT2D eigenvalue weighted by molar-refractivity contribution is -0.137. The summed E-state index contributed by atoms with van der Waals surface area (Å²) in [6, 6.07) is 11.0. The second kappa shape index (κ2) is 8.51. The highest BCUT2D eigenvalue weighted by Crippen LogP contribution is 2.45. The number of ether oxygens (including phenoxy) is 1. The average Bonchev–Trinajstić information content (AvgIpc) is 3.45. The molecule has 7 heteroatoms. The Bertz CT molecular complexity index is 910. The molecule has 0 unspecified atom stereocenters. The lowest BCUT2D eigenvalue weighted by Gasteiger charge is -2.25. The largest absolute Gasteiger partial charge is 0.478 e. The average molecular weight is 420 g/mol. The summed E-state index contributed by atoms with van der Waals surface area (Å²) in [5, 5.41) is 12.1. The van der Waals surface area contributed by atoms with Crippen molar-refractivity contribution in [3.05, 3.63) is 70.0 Å². The number of aromatic carboxylic acids is 1. The van der Waals surface area contributed by atoms with Crippen LogP contribution in [0.1, 0.15) is 48.2 Å². The molecule has 29 heavy (non-hydrogen) atoms. The van der Waals surface area contributed by atoms with E-state index in [-0.39, 0.29) is 29.0 Å². The number of carboxylic acid groups (broad SMARTS) is 1. The summed E-state index contributed by atoms with van der Waals surface area (Å²) in [7, 11) is 0. The summed E-state index contributed by atoms with van der Waals surface area (Å²) in [6.45, 7) is 3.85. The molecule has 0 spiro atoms. The van der Waals surface area contributed by atoms with Gasteiger partial charge in [0.2, 0.25) is 5.91 Å². The SMILES string of the molecule is CC(C)[C@@H](OCc1ccc(Cl)c(F)c1)C(=O)NC1(c2ccc(C(=O)O)cc2)CC1. The van der Waals surface area contributed by atoms with Crippen molar-refractivity contribution in [2.75, 3.05) is 0 Å². The van der Waals surface area contributed by atoms with Gasteiger partial charge in [-0.25, -0.2) is 9.18 Å². The first-order valence-electron chi connectivity index (χ1n) is 9.43. The summed E-state index contributed by atoms with van der Waals surface area (Å²) in [5.74, 6) is -1.84. The highest BCUT2D eigenvalue weighted by Gasteiger charge is 2.46. The first-order chi connectivity index (χ1) is 13.7. The van der Waals surface area contributed by atoms with Gasteiger partial charge in [-0.1, -0.05) is 43.6 Å². The van der Waals surface area contributed by atoms with Gasteiger partial charge < -0.3 is 15.2 Å². The summed E-state index contributed by atoms with van der Waals surface area (Å²) in [4.78, 5) is 23.9. The van der Waals surface area contributed by atoms with Crippen molar-refractivity contribution in [3.63, 3.8) is 0 Å². The Morgan fingerprint density at radius 2 is 1.86 bits per heavy atom. The van der Waals surface area contributed by atoms with Crippen LogP contribution in [0.15, 0.2) is 42.5 Å². The lowest BCUT2D eigenvalue weighted by Crippen LogP contribution is -2.44. The van der Waals surface area contributed by atoms with Gasteiger partial charge in [0.25, 0.3) is 0 Å². The maximum absolute atomic E-state index is 13.6. The molecule has 1 saturated carbocycles. The number of carboxylic acids is 1. The van der Waals surface area contributed by atoms with Gasteiger partial charge in [-0.05, 0) is 54.2 Å². The van der Waals surface area contributed by atoms with E-state index < -0.39 is 23.4 Å². The quantitative estimate of drug-likeness (QED) is 0.659. The minimum atomic E-state index is -0.989. The molecule has 1 fully saturated rings. The van der Waals surface area contributed by atoms with Crippen molar-refractivity contribution >= 4 is 23.5 Å². The minimum Gasteiger partial charge on any atom is -0.478 e. The Labute approximate surface area is 173 Å². The molecule has 154 valence electrons. The van der Waals surface area contributed by atoms with E-state index in [2.05, 4.69) is 5.32 Å². The molecule has 0 saturated heterocycles. The van der Waals surface area contributed by atoms with Crippen LogP contribution in [0.5, 0.6) is 0 Å². The maximum Gasteiger partial charge on any atom is 0.335 e. The number of rotatable bonds is 8. The van der Waals surface area contributed by atoms with Crippen molar-refractivity contribution in [1.29, 1.82) is 0 Å². The van der Waals surface area contributed by atoms with Gasteiger partial charge in [0.15, 0.2) is 0 Å². The predicted molar refractivity (Wildman–Crippen MR) is 107 cm³/mol. The Morgan fingerprint density at radius 3 is 2.38 bits per heavy atom. The fourth-order valence-corrected chi connectivity index (χ4v) is 3.35. The van der Waals surface area contributed by atoms with Gasteiger partial charge in [0.05, 0.1) is 22.7 Å². The van der Waals surface area contributed by atoms with Gasteiger partial charge in [0.1, 0.15) is 11.9 Å². The number of carbonyl (C=O) groups is 2. The smallest absolute Gasteiger partial charge is 0.335 e. The zero-order chi connectivity index (χ0) is 21.2. The third kappa shape index (κ3) is 4.95. The normalized spacial score (nSPS) is 15.8. The van der Waals surface area contributed by atoms with Crippen LogP contribution in [-0.4, -0.2) is 23.1 Å². The first kappa shape index (κ1) is 21.3. The summed E-state index contributed by atoms with van der Waals surface area (Å²) in [5.41, 5.74) is 1.18. The number of carbonyl (C=O) groups excluding carboxylic acids is 1. The number of hydrogen-bond donors (Lipinski definition) is 2. The number of nitrogens with one attached hydrogen (secondary N) is 1. The number of hydrogen-bond acceptors (Lipinski definition) is 3. The molecular weight excluding hydrogens is 397 g/mol. The maximum atomic E-state index is 13.6. The topological polar surface area (TPSA) is 75.6 Å². The van der Waals surface area contributed by atoms with E-state index in [9.17, 15) is 14.0 Å². The van der Waals surface area contributed by atoms with Crippen LogP contribution in [0, 0.1) is 11.7 Å². The molecule has 2 aromatic carbocycles. The van der Waals surface area contributed by atoms with E-state index in [1.165, 1.54) is 24.3 Å². The molecular formula is C22H23ClFNO4. The van der Waals surface area contributed by atoms with Crippen LogP contribution >= 0.6 is 11.6 Å². The van der Waals surface area contributed by atoms with E-state index in [4.69, 9.17) is 21.4 Å². The lowest BCUT2D eigenvalue weighted by atomic mass is 10.0. The molecule has 2 aromatic rings. The Balaban J connectivity index is 1.67. The number of benzene rings is 2. The Morgan fingerprint density at radius 1 is 1.21 bits per heavy atom. The fraction of sp³-hybridized carbons (Fsp3) is 0.364. The second-order valence-electron chi connectivity index (χ2n) is 7.68. The van der Waals surface area contributed by atoms with Gasteiger partial charge in [-0.15, -0.1) is 0 Å². The zero-order valence-electron chi connectivity index (χ0n) is 16.2. The van der Waals surface area contributed by atoms with Crippen LogP contribution in [0.3, 0.4) is 0 Å². The molecule has 1 aliphatic rings. The fourth-order valence-electron chi connectivity index (χ4n) is 3.24. The van der Waals surface area contributed by atoms with Crippen molar-refractivity contribution in [1.82, 2.24) is 5.32 Å². The van der Waals surface area contributed by atoms with Gasteiger partial charge in [-0.2, -0.15) is 0 Å². The molecule has 3 rings (SSSR count). The molecule has 5 nitrogen and oxygen atoms in total. The van der Waals surface area contributed by atoms with Gasteiger partial charge >= 0.3 is 5.97 Å². The predicted octanol–water partition coefficient (Wildman–Crippen LogP) is 4.52. The van der Waals surface area contributed by atoms with Crippen LogP contribution < -0.4 is 5.32 Å². The monoisotopic (exact) mass is 419 g/mol. The Hall–Kier alpha value is -2.44. The highest BCUT2D eigenvalue weighted by atomic mass is 35.5. The minimum absolute atomic E-state index is 0.0384. The molecule has 0 aliphatic heterocycles. The van der Waals surface area contributed by atoms with E-state index in [0.29, 0.717) is 5.56 Å². The number of halogens is 2. The van der Waals surface area contributed by atoms with E-state index in [1.54, 1.807) is 18.2 Å². The van der Waals surface area contributed by atoms with E-state index in [0.717, 1.165) is 18.4 Å².